The molecule has 0 atom stereocenters. The predicted octanol–water partition coefficient (Wildman–Crippen LogP) is 2.35. The van der Waals surface area contributed by atoms with Crippen molar-refractivity contribution in [1.29, 1.82) is 0 Å². The zero-order valence-corrected chi connectivity index (χ0v) is 11.7. The van der Waals surface area contributed by atoms with Gasteiger partial charge in [-0.3, -0.25) is 4.79 Å². The lowest BCUT2D eigenvalue weighted by atomic mass is 9.67. The van der Waals surface area contributed by atoms with E-state index in [0.717, 1.165) is 17.9 Å². The van der Waals surface area contributed by atoms with Crippen molar-refractivity contribution >= 4 is 5.97 Å². The maximum atomic E-state index is 11.0. The van der Waals surface area contributed by atoms with Gasteiger partial charge in [0.2, 0.25) is 0 Å². The molecule has 0 unspecified atom stereocenters. The molecule has 104 valence electrons. The molecule has 0 aromatic heterocycles. The Kier molecular flexibility index (Phi) is 3.80. The molecule has 4 nitrogen and oxygen atoms in total. The van der Waals surface area contributed by atoms with Crippen LogP contribution in [0.25, 0.3) is 0 Å². The number of carbonyl (C=O) groups is 1. The Labute approximate surface area is 113 Å². The van der Waals surface area contributed by atoms with E-state index >= 15 is 0 Å². The molecule has 1 aliphatic rings. The van der Waals surface area contributed by atoms with E-state index in [1.165, 1.54) is 5.56 Å². The molecule has 19 heavy (non-hydrogen) atoms. The Morgan fingerprint density at radius 3 is 2.74 bits per heavy atom. The fourth-order valence-electron chi connectivity index (χ4n) is 2.66. The first-order valence-electron chi connectivity index (χ1n) is 6.55. The summed E-state index contributed by atoms with van der Waals surface area (Å²) in [4.78, 5) is 11.0. The van der Waals surface area contributed by atoms with Gasteiger partial charge >= 0.3 is 5.97 Å². The number of aliphatic carboxylic acids is 1. The van der Waals surface area contributed by atoms with Crippen LogP contribution < -0.4 is 10.1 Å². The van der Waals surface area contributed by atoms with Crippen molar-refractivity contribution in [1.82, 2.24) is 5.32 Å². The molecule has 0 bridgehead atoms. The zero-order valence-electron chi connectivity index (χ0n) is 11.7. The normalized spacial score (nSPS) is 25.7. The molecule has 0 spiro atoms. The van der Waals surface area contributed by atoms with Gasteiger partial charge in [0.1, 0.15) is 5.75 Å². The zero-order chi connectivity index (χ0) is 14.0. The van der Waals surface area contributed by atoms with Gasteiger partial charge in [-0.1, -0.05) is 12.1 Å². The highest BCUT2D eigenvalue weighted by Crippen LogP contribution is 2.40. The van der Waals surface area contributed by atoms with Gasteiger partial charge in [0.25, 0.3) is 0 Å². The highest BCUT2D eigenvalue weighted by molar-refractivity contribution is 5.75. The van der Waals surface area contributed by atoms with Crippen LogP contribution >= 0.6 is 0 Å². The van der Waals surface area contributed by atoms with E-state index in [1.54, 1.807) is 7.11 Å². The second-order valence-corrected chi connectivity index (χ2v) is 5.66. The van der Waals surface area contributed by atoms with Gasteiger partial charge in [-0.2, -0.15) is 0 Å². The second kappa shape index (κ2) is 5.21. The minimum absolute atomic E-state index is 0.309. The van der Waals surface area contributed by atoms with Crippen molar-refractivity contribution in [2.24, 2.45) is 5.41 Å². The summed E-state index contributed by atoms with van der Waals surface area (Å²) in [5, 5.41) is 12.5. The van der Waals surface area contributed by atoms with Crippen molar-refractivity contribution in [3.05, 3.63) is 29.3 Å². The first kappa shape index (κ1) is 13.9. The average molecular weight is 263 g/mol. The summed E-state index contributed by atoms with van der Waals surface area (Å²) in [6.45, 7) is 4.60. The van der Waals surface area contributed by atoms with Gasteiger partial charge in [-0.15, -0.1) is 0 Å². The Hall–Kier alpha value is -1.55. The third kappa shape index (κ3) is 2.89. The van der Waals surface area contributed by atoms with E-state index in [0.29, 0.717) is 18.9 Å². The molecule has 1 aromatic carbocycles. The molecule has 4 heteroatoms. The first-order chi connectivity index (χ1) is 8.94. The van der Waals surface area contributed by atoms with Crippen molar-refractivity contribution in [2.75, 3.05) is 7.11 Å². The van der Waals surface area contributed by atoms with Crippen LogP contribution in [0.5, 0.6) is 5.75 Å². The maximum absolute atomic E-state index is 11.0. The Morgan fingerprint density at radius 2 is 2.21 bits per heavy atom. The Bertz CT molecular complexity index is 478. The third-order valence-corrected chi connectivity index (χ3v) is 3.96. The SMILES string of the molecule is COc1ccc(CNC2CC(C)(C(=O)O)C2)cc1C. The number of benzene rings is 1. The van der Waals surface area contributed by atoms with Crippen LogP contribution in [0.3, 0.4) is 0 Å². The van der Waals surface area contributed by atoms with E-state index in [1.807, 2.05) is 26.0 Å². The molecule has 1 saturated carbocycles. The standard InChI is InChI=1S/C15H21NO3/c1-10-6-11(4-5-13(10)19-3)9-16-12-7-15(2,8-12)14(17)18/h4-6,12,16H,7-9H2,1-3H3,(H,17,18). The number of nitrogens with one attached hydrogen (secondary N) is 1. The number of hydrogen-bond donors (Lipinski definition) is 2. The van der Waals surface area contributed by atoms with E-state index in [2.05, 4.69) is 11.4 Å². The highest BCUT2D eigenvalue weighted by Gasteiger charge is 2.46. The summed E-state index contributed by atoms with van der Waals surface area (Å²) in [6.07, 6.45) is 1.41. The maximum Gasteiger partial charge on any atom is 0.309 e. The molecule has 0 saturated heterocycles. The topological polar surface area (TPSA) is 58.6 Å². The van der Waals surface area contributed by atoms with Crippen LogP contribution in [0.1, 0.15) is 30.9 Å². The van der Waals surface area contributed by atoms with Crippen molar-refractivity contribution in [2.45, 2.75) is 39.3 Å². The number of rotatable bonds is 5. The van der Waals surface area contributed by atoms with Gasteiger partial charge in [-0.25, -0.2) is 0 Å². The van der Waals surface area contributed by atoms with E-state index < -0.39 is 11.4 Å². The fraction of sp³-hybridized carbons (Fsp3) is 0.533. The molecule has 2 N–H and O–H groups in total. The Balaban J connectivity index is 1.84. The lowest BCUT2D eigenvalue weighted by Crippen LogP contribution is -2.51. The summed E-state index contributed by atoms with van der Waals surface area (Å²) in [5.74, 6) is 0.205. The number of carboxylic acid groups (broad SMARTS) is 1. The number of ether oxygens (including phenoxy) is 1. The van der Waals surface area contributed by atoms with Crippen molar-refractivity contribution in [3.63, 3.8) is 0 Å². The van der Waals surface area contributed by atoms with Crippen LogP contribution in [0.2, 0.25) is 0 Å². The molecule has 1 fully saturated rings. The average Bonchev–Trinajstić information content (AvgIpc) is 2.33. The summed E-state index contributed by atoms with van der Waals surface area (Å²) in [7, 11) is 1.67. The van der Waals surface area contributed by atoms with Crippen LogP contribution in [0, 0.1) is 12.3 Å². The minimum Gasteiger partial charge on any atom is -0.496 e. The van der Waals surface area contributed by atoms with Crippen LogP contribution in [-0.2, 0) is 11.3 Å². The predicted molar refractivity (Wildman–Crippen MR) is 73.3 cm³/mol. The third-order valence-electron chi connectivity index (χ3n) is 3.96. The second-order valence-electron chi connectivity index (χ2n) is 5.66. The number of aryl methyl sites for hydroxylation is 1. The summed E-state index contributed by atoms with van der Waals surface area (Å²) < 4.78 is 5.23. The molecular formula is C15H21NO3. The fourth-order valence-corrected chi connectivity index (χ4v) is 2.66. The van der Waals surface area contributed by atoms with Crippen LogP contribution in [0.4, 0.5) is 0 Å². The molecule has 0 aliphatic heterocycles. The van der Waals surface area contributed by atoms with Crippen molar-refractivity contribution in [3.8, 4) is 5.75 Å². The largest absolute Gasteiger partial charge is 0.496 e. The van der Waals surface area contributed by atoms with Crippen LogP contribution in [-0.4, -0.2) is 24.2 Å². The molecule has 2 rings (SSSR count). The first-order valence-corrected chi connectivity index (χ1v) is 6.55. The summed E-state index contributed by atoms with van der Waals surface area (Å²) in [6, 6.07) is 6.41. The van der Waals surface area contributed by atoms with E-state index in [-0.39, 0.29) is 0 Å². The molecule has 1 aromatic rings. The molecule has 0 radical (unpaired) electrons. The molecule has 0 heterocycles. The lowest BCUT2D eigenvalue weighted by molar-refractivity contribution is -0.154. The van der Waals surface area contributed by atoms with Gasteiger partial charge in [0, 0.05) is 12.6 Å². The molecule has 1 aliphatic carbocycles. The van der Waals surface area contributed by atoms with Gasteiger partial charge < -0.3 is 15.2 Å². The van der Waals surface area contributed by atoms with E-state index in [9.17, 15) is 4.79 Å². The van der Waals surface area contributed by atoms with Gasteiger partial charge in [0.15, 0.2) is 0 Å². The Morgan fingerprint density at radius 1 is 1.53 bits per heavy atom. The summed E-state index contributed by atoms with van der Waals surface area (Å²) >= 11 is 0. The minimum atomic E-state index is -0.689. The summed E-state index contributed by atoms with van der Waals surface area (Å²) in [5.41, 5.74) is 1.78. The highest BCUT2D eigenvalue weighted by atomic mass is 16.5. The number of carboxylic acids is 1. The monoisotopic (exact) mass is 263 g/mol. The lowest BCUT2D eigenvalue weighted by Gasteiger charge is -2.42. The van der Waals surface area contributed by atoms with Gasteiger partial charge in [0.05, 0.1) is 12.5 Å². The number of methoxy groups -OCH3 is 1. The molecule has 0 amide bonds. The van der Waals surface area contributed by atoms with Crippen molar-refractivity contribution < 1.29 is 14.6 Å². The smallest absolute Gasteiger partial charge is 0.309 e. The van der Waals surface area contributed by atoms with E-state index in [4.69, 9.17) is 9.84 Å². The molecular weight excluding hydrogens is 242 g/mol. The van der Waals surface area contributed by atoms with Crippen LogP contribution in [0.15, 0.2) is 18.2 Å². The quantitative estimate of drug-likeness (QED) is 0.856. The van der Waals surface area contributed by atoms with Gasteiger partial charge in [-0.05, 0) is 43.9 Å². The number of hydrogen-bond acceptors (Lipinski definition) is 3.